The van der Waals surface area contributed by atoms with Gasteiger partial charge in [-0.15, -0.1) is 10.2 Å². The molecule has 2 N–H and O–H groups in total. The van der Waals surface area contributed by atoms with Crippen LogP contribution in [-0.2, 0) is 22.6 Å². The van der Waals surface area contributed by atoms with Gasteiger partial charge in [0, 0.05) is 36.4 Å². The molecule has 14 nitrogen and oxygen atoms in total. The molecule has 0 spiro atoms. The Bertz CT molecular complexity index is 2090. The second-order valence-electron chi connectivity index (χ2n) is 10.2. The Hall–Kier alpha value is -3.06. The van der Waals surface area contributed by atoms with Crippen LogP contribution >= 0.6 is 55.1 Å². The number of aromatic nitrogens is 8. The minimum Gasteiger partial charge on any atom is -0.870 e. The molecule has 0 aliphatic carbocycles. The molecule has 0 amide bonds. The first-order chi connectivity index (χ1) is 23.1. The Kier molecular flexibility index (Phi) is 16.1. The fourth-order valence-electron chi connectivity index (χ4n) is 4.61. The summed E-state index contributed by atoms with van der Waals surface area (Å²) in [6.07, 6.45) is 5.74. The van der Waals surface area contributed by atoms with Gasteiger partial charge in [0.1, 0.15) is 0 Å². The van der Waals surface area contributed by atoms with Crippen LogP contribution in [0.5, 0.6) is 0 Å². The number of rotatable bonds is 6. The molecule has 256 valence electrons. The Labute approximate surface area is 334 Å². The number of carbonyl (C=O) groups is 2. The molecule has 0 bridgehead atoms. The zero-order valence-corrected chi connectivity index (χ0v) is 33.3. The van der Waals surface area contributed by atoms with Crippen molar-refractivity contribution < 1.29 is 59.2 Å². The standard InChI is InChI=1S/C14H10BrClN4O2.C13H8BrClN4O2.C4H8O.Na.H2O/c1-22-13(21)12-18-14(15)19-20(12)7-8-2-3-11-9(4-8)5-10(16)6-17-11;14-13-17-11(12(20)21)19(18-13)6-7-1-2-10-8(3-7)4-9(15)5-16-10;1-2-4-5-3-1;;/h2-6H,7H2,1H3;1-5H,6H2,(H,20,21);1-4H2;;1H2/q;;;+1;/p-1. The summed E-state index contributed by atoms with van der Waals surface area (Å²) in [5.41, 5.74) is 3.49. The van der Waals surface area contributed by atoms with Gasteiger partial charge in [-0.3, -0.25) is 9.97 Å². The largest absolute Gasteiger partial charge is 1.00 e. The van der Waals surface area contributed by atoms with Crippen molar-refractivity contribution in [2.45, 2.75) is 25.9 Å². The Balaban J connectivity index is 0.000000229. The van der Waals surface area contributed by atoms with E-state index in [9.17, 15) is 9.59 Å². The van der Waals surface area contributed by atoms with Gasteiger partial charge in [-0.05, 0) is 92.2 Å². The summed E-state index contributed by atoms with van der Waals surface area (Å²) in [5.74, 6) is -1.65. The average molecular weight is 861 g/mol. The van der Waals surface area contributed by atoms with Gasteiger partial charge in [-0.2, -0.15) is 9.97 Å². The number of carboxylic acid groups (broad SMARTS) is 1. The maximum Gasteiger partial charge on any atom is 1.00 e. The van der Waals surface area contributed by atoms with E-state index in [0.717, 1.165) is 46.1 Å². The Morgan fingerprint density at radius 1 is 0.820 bits per heavy atom. The molecule has 0 radical (unpaired) electrons. The number of hydrogen-bond acceptors (Lipinski definition) is 11. The number of pyridine rings is 2. The van der Waals surface area contributed by atoms with Crippen LogP contribution in [0.25, 0.3) is 21.8 Å². The number of ether oxygens (including phenoxy) is 2. The molecule has 19 heteroatoms. The van der Waals surface area contributed by atoms with E-state index in [1.165, 1.54) is 29.3 Å². The summed E-state index contributed by atoms with van der Waals surface area (Å²) in [6.45, 7) is 2.67. The van der Waals surface area contributed by atoms with Crippen molar-refractivity contribution in [1.82, 2.24) is 39.5 Å². The summed E-state index contributed by atoms with van der Waals surface area (Å²) >= 11 is 18.1. The van der Waals surface area contributed by atoms with Gasteiger partial charge < -0.3 is 20.1 Å². The second kappa shape index (κ2) is 19.5. The number of nitrogens with zero attached hydrogens (tertiary/aromatic N) is 8. The molecule has 4 aromatic heterocycles. The SMILES string of the molecule is C1CCOC1.COC(=O)c1nc(Br)nn1Cc1ccc2ncc(Cl)cc2c1.O=C(O)c1nc(Br)nn1Cc1ccc2ncc(Cl)cc2c1.[Na+].[OH-]. The summed E-state index contributed by atoms with van der Waals surface area (Å²) in [4.78, 5) is 39.1. The Morgan fingerprint density at radius 2 is 1.28 bits per heavy atom. The molecule has 2 aromatic carbocycles. The summed E-state index contributed by atoms with van der Waals surface area (Å²) in [5, 5.41) is 20.2. The first-order valence-corrected chi connectivity index (χ1v) is 16.6. The molecule has 0 atom stereocenters. The molecule has 1 saturated heterocycles. The molecular weight excluding hydrogens is 834 g/mol. The monoisotopic (exact) mass is 858 g/mol. The first-order valence-electron chi connectivity index (χ1n) is 14.3. The van der Waals surface area contributed by atoms with Gasteiger partial charge >= 0.3 is 41.5 Å². The number of carboxylic acids is 1. The molecule has 1 aliphatic rings. The number of halogens is 4. The van der Waals surface area contributed by atoms with E-state index in [1.54, 1.807) is 12.4 Å². The normalized spacial score (nSPS) is 11.8. The summed E-state index contributed by atoms with van der Waals surface area (Å²) in [6, 6.07) is 15.0. The van der Waals surface area contributed by atoms with Crippen molar-refractivity contribution >= 4 is 88.8 Å². The average Bonchev–Trinajstić information content (AvgIpc) is 3.84. The molecule has 6 aromatic rings. The van der Waals surface area contributed by atoms with E-state index in [4.69, 9.17) is 37.8 Å². The van der Waals surface area contributed by atoms with Crippen molar-refractivity contribution in [1.29, 1.82) is 0 Å². The predicted octanol–water partition coefficient (Wildman–Crippen LogP) is 3.69. The Morgan fingerprint density at radius 3 is 1.70 bits per heavy atom. The van der Waals surface area contributed by atoms with Gasteiger partial charge in [-0.25, -0.2) is 19.0 Å². The van der Waals surface area contributed by atoms with Crippen LogP contribution < -0.4 is 29.6 Å². The molecule has 7 rings (SSSR count). The van der Waals surface area contributed by atoms with Gasteiger partial charge in [-0.1, -0.05) is 35.3 Å². The third kappa shape index (κ3) is 11.2. The summed E-state index contributed by atoms with van der Waals surface area (Å²) < 4.78 is 13.0. The topological polar surface area (TPSA) is 190 Å². The van der Waals surface area contributed by atoms with Crippen LogP contribution in [0.4, 0.5) is 0 Å². The van der Waals surface area contributed by atoms with Crippen LogP contribution in [0, 0.1) is 0 Å². The number of aromatic carboxylic acids is 1. The van der Waals surface area contributed by atoms with Crippen LogP contribution in [0.3, 0.4) is 0 Å². The maximum atomic E-state index is 11.7. The van der Waals surface area contributed by atoms with Gasteiger partial charge in [0.2, 0.25) is 21.1 Å². The van der Waals surface area contributed by atoms with Gasteiger partial charge in [0.15, 0.2) is 0 Å². The van der Waals surface area contributed by atoms with Crippen molar-refractivity contribution in [2.24, 2.45) is 0 Å². The zero-order chi connectivity index (χ0) is 34.2. The van der Waals surface area contributed by atoms with Crippen molar-refractivity contribution in [3.63, 3.8) is 0 Å². The number of benzene rings is 2. The zero-order valence-electron chi connectivity index (χ0n) is 26.6. The van der Waals surface area contributed by atoms with Gasteiger partial charge in [0.25, 0.3) is 0 Å². The summed E-state index contributed by atoms with van der Waals surface area (Å²) in [7, 11) is 1.30. The molecule has 0 unspecified atom stereocenters. The molecule has 50 heavy (non-hydrogen) atoms. The number of esters is 1. The molecular formula is C31H27Br2Cl2N8NaO6. The van der Waals surface area contributed by atoms with Crippen molar-refractivity contribution in [2.75, 3.05) is 20.3 Å². The van der Waals surface area contributed by atoms with E-state index in [1.807, 2.05) is 48.5 Å². The van der Waals surface area contributed by atoms with Gasteiger partial charge in [0.05, 0.1) is 41.3 Å². The minimum absolute atomic E-state index is 0. The minimum atomic E-state index is -1.13. The smallest absolute Gasteiger partial charge is 0.870 e. The van der Waals surface area contributed by atoms with E-state index >= 15 is 0 Å². The van der Waals surface area contributed by atoms with Crippen LogP contribution in [-0.4, -0.2) is 82.3 Å². The molecule has 1 aliphatic heterocycles. The van der Waals surface area contributed by atoms with Crippen LogP contribution in [0.15, 0.2) is 70.4 Å². The molecule has 5 heterocycles. The first kappa shape index (κ1) is 41.4. The fraction of sp³-hybridized carbons (Fsp3) is 0.226. The van der Waals surface area contributed by atoms with Crippen LogP contribution in [0.1, 0.15) is 45.2 Å². The third-order valence-electron chi connectivity index (χ3n) is 6.77. The fourth-order valence-corrected chi connectivity index (χ4v) is 5.66. The molecule has 1 fully saturated rings. The number of carbonyl (C=O) groups excluding carboxylic acids is 1. The van der Waals surface area contributed by atoms with E-state index in [0.29, 0.717) is 27.9 Å². The second-order valence-corrected chi connectivity index (χ2v) is 12.5. The number of methoxy groups -OCH3 is 1. The molecule has 0 saturated carbocycles. The third-order valence-corrected chi connectivity index (χ3v) is 7.85. The number of hydrogen-bond donors (Lipinski definition) is 1. The van der Waals surface area contributed by atoms with E-state index < -0.39 is 11.9 Å². The number of fused-ring (bicyclic) bond motifs is 2. The van der Waals surface area contributed by atoms with Crippen LogP contribution in [0.2, 0.25) is 10.0 Å². The van der Waals surface area contributed by atoms with E-state index in [2.05, 4.69) is 62.0 Å². The van der Waals surface area contributed by atoms with Crippen molar-refractivity contribution in [3.05, 3.63) is 103 Å². The maximum absolute atomic E-state index is 11.7. The van der Waals surface area contributed by atoms with E-state index in [-0.39, 0.29) is 51.4 Å². The van der Waals surface area contributed by atoms with Crippen molar-refractivity contribution in [3.8, 4) is 0 Å². The quantitative estimate of drug-likeness (QED) is 0.189. The predicted molar refractivity (Wildman–Crippen MR) is 187 cm³/mol.